The van der Waals surface area contributed by atoms with Crippen LogP contribution in [-0.2, 0) is 16.8 Å². The van der Waals surface area contributed by atoms with Gasteiger partial charge in [0.25, 0.3) is 5.88 Å². The van der Waals surface area contributed by atoms with E-state index in [0.29, 0.717) is 42.7 Å². The number of ether oxygens (including phenoxy) is 2. The first-order chi connectivity index (χ1) is 18.3. The molecule has 10 heteroatoms. The maximum Gasteiger partial charge on any atom is 0.251 e. The summed E-state index contributed by atoms with van der Waals surface area (Å²) in [7, 11) is 1.56. The number of aliphatic hydroxyl groups is 1. The smallest absolute Gasteiger partial charge is 0.251 e. The molecule has 0 bridgehead atoms. The standard InChI is InChI=1S/C26H27ClF2N2O3.C2H5NO/c1-16-15-31-25(33-12-11-32)24(29)21(16)22-18-14-26(9-5-6-10-30,17-7-3-2-4-8-17)34-20(18)13-19(28)23(22)27;1-3-2-4/h2-4,7-8,13,15,32H,5-6,9-12,14,30H2,1H3;2H,1H3,(H,3,4). The van der Waals surface area contributed by atoms with E-state index in [2.05, 4.69) is 10.3 Å². The van der Waals surface area contributed by atoms with E-state index in [1.807, 2.05) is 30.3 Å². The zero-order valence-electron chi connectivity index (χ0n) is 21.4. The predicted molar refractivity (Wildman–Crippen MR) is 142 cm³/mol. The zero-order chi connectivity index (χ0) is 27.7. The van der Waals surface area contributed by atoms with Crippen molar-refractivity contribution in [3.8, 4) is 22.8 Å². The Morgan fingerprint density at radius 3 is 2.61 bits per heavy atom. The third kappa shape index (κ3) is 6.23. The highest BCUT2D eigenvalue weighted by molar-refractivity contribution is 6.34. The highest BCUT2D eigenvalue weighted by Gasteiger charge is 2.43. The third-order valence-electron chi connectivity index (χ3n) is 6.26. The van der Waals surface area contributed by atoms with Crippen molar-refractivity contribution in [2.45, 2.75) is 38.2 Å². The predicted octanol–water partition coefficient (Wildman–Crippen LogP) is 4.68. The number of nitrogens with two attached hydrogens (primary N) is 1. The molecule has 204 valence electrons. The number of rotatable bonds is 10. The number of fused-ring (bicyclic) bond motifs is 1. The van der Waals surface area contributed by atoms with Gasteiger partial charge in [-0.1, -0.05) is 41.9 Å². The quantitative estimate of drug-likeness (QED) is 0.251. The fourth-order valence-electron chi connectivity index (χ4n) is 4.55. The van der Waals surface area contributed by atoms with Gasteiger partial charge in [0.1, 0.15) is 23.8 Å². The average molecular weight is 548 g/mol. The highest BCUT2D eigenvalue weighted by Crippen LogP contribution is 2.51. The van der Waals surface area contributed by atoms with Crippen LogP contribution >= 0.6 is 11.6 Å². The van der Waals surface area contributed by atoms with Crippen LogP contribution in [0.4, 0.5) is 8.78 Å². The molecule has 1 aliphatic rings. The summed E-state index contributed by atoms with van der Waals surface area (Å²) in [4.78, 5) is 13.0. The van der Waals surface area contributed by atoms with Crippen LogP contribution in [0.3, 0.4) is 0 Å². The van der Waals surface area contributed by atoms with Crippen LogP contribution in [0.1, 0.15) is 36.0 Å². The van der Waals surface area contributed by atoms with E-state index < -0.39 is 17.2 Å². The third-order valence-corrected chi connectivity index (χ3v) is 6.63. The Bertz CT molecular complexity index is 1250. The van der Waals surface area contributed by atoms with E-state index in [-0.39, 0.29) is 35.2 Å². The van der Waals surface area contributed by atoms with Gasteiger partial charge in [-0.2, -0.15) is 0 Å². The summed E-state index contributed by atoms with van der Waals surface area (Å²) < 4.78 is 42.3. The number of nitrogens with one attached hydrogen (secondary N) is 1. The SMILES string of the molecule is CNC=O.Cc1cnc(OCCO)c(F)c1-c1c(Cl)c(F)cc2c1CC(CCCCN)(c1ccccc1)O2. The van der Waals surface area contributed by atoms with Gasteiger partial charge in [0.05, 0.1) is 11.6 Å². The van der Waals surface area contributed by atoms with Gasteiger partial charge in [-0.3, -0.25) is 4.79 Å². The first-order valence-electron chi connectivity index (χ1n) is 12.3. The van der Waals surface area contributed by atoms with Crippen LogP contribution in [0.15, 0.2) is 42.6 Å². The van der Waals surface area contributed by atoms with E-state index in [0.717, 1.165) is 18.4 Å². The summed E-state index contributed by atoms with van der Waals surface area (Å²) in [5, 5.41) is 11.1. The molecule has 0 fully saturated rings. The topological polar surface area (TPSA) is 107 Å². The Balaban J connectivity index is 0.000000934. The average Bonchev–Trinajstić information content (AvgIpc) is 3.30. The molecule has 1 aromatic heterocycles. The largest absolute Gasteiger partial charge is 0.482 e. The van der Waals surface area contributed by atoms with Crippen molar-refractivity contribution in [2.24, 2.45) is 5.73 Å². The van der Waals surface area contributed by atoms with Gasteiger partial charge >= 0.3 is 0 Å². The number of halogens is 3. The van der Waals surface area contributed by atoms with Crippen molar-refractivity contribution in [1.82, 2.24) is 10.3 Å². The van der Waals surface area contributed by atoms with Crippen molar-refractivity contribution in [3.63, 3.8) is 0 Å². The Morgan fingerprint density at radius 2 is 1.97 bits per heavy atom. The molecule has 38 heavy (non-hydrogen) atoms. The molecule has 1 atom stereocenters. The second-order valence-electron chi connectivity index (χ2n) is 8.82. The van der Waals surface area contributed by atoms with Gasteiger partial charge in [-0.15, -0.1) is 0 Å². The zero-order valence-corrected chi connectivity index (χ0v) is 22.2. The molecule has 0 radical (unpaired) electrons. The molecule has 7 nitrogen and oxygen atoms in total. The lowest BCUT2D eigenvalue weighted by Gasteiger charge is -2.29. The molecule has 2 aromatic carbocycles. The number of hydrogen-bond donors (Lipinski definition) is 3. The number of hydrogen-bond acceptors (Lipinski definition) is 6. The molecule has 0 saturated carbocycles. The summed E-state index contributed by atoms with van der Waals surface area (Å²) in [5.74, 6) is -1.40. The minimum atomic E-state index is -0.761. The number of carbonyl (C=O) groups is 1. The fraction of sp³-hybridized carbons (Fsp3) is 0.357. The number of nitrogens with zero attached hydrogens (tertiary/aromatic N) is 1. The van der Waals surface area contributed by atoms with Crippen LogP contribution < -0.4 is 20.5 Å². The van der Waals surface area contributed by atoms with Gasteiger partial charge in [-0.05, 0) is 43.9 Å². The minimum absolute atomic E-state index is 0.109. The molecule has 0 aliphatic carbocycles. The van der Waals surface area contributed by atoms with Gasteiger partial charge in [-0.25, -0.2) is 13.8 Å². The summed E-state index contributed by atoms with van der Waals surface area (Å²) >= 11 is 6.46. The molecular weight excluding hydrogens is 516 g/mol. The van der Waals surface area contributed by atoms with Crippen LogP contribution in [-0.4, -0.2) is 43.3 Å². The highest BCUT2D eigenvalue weighted by atomic mass is 35.5. The maximum atomic E-state index is 15.6. The van der Waals surface area contributed by atoms with E-state index in [9.17, 15) is 0 Å². The second-order valence-corrected chi connectivity index (χ2v) is 9.20. The lowest BCUT2D eigenvalue weighted by molar-refractivity contribution is -0.109. The van der Waals surface area contributed by atoms with E-state index >= 15 is 8.78 Å². The number of aliphatic hydroxyl groups excluding tert-OH is 1. The number of amides is 1. The van der Waals surface area contributed by atoms with Crippen molar-refractivity contribution >= 4 is 18.0 Å². The molecule has 1 amide bonds. The summed E-state index contributed by atoms with van der Waals surface area (Å²) in [6.45, 7) is 1.82. The Hall–Kier alpha value is -3.27. The summed E-state index contributed by atoms with van der Waals surface area (Å²) in [6.07, 6.45) is 4.75. The molecular formula is C28H32ClF2N3O4. The van der Waals surface area contributed by atoms with Crippen LogP contribution in [0.5, 0.6) is 11.6 Å². The molecule has 4 rings (SSSR count). The van der Waals surface area contributed by atoms with Crippen LogP contribution in [0.25, 0.3) is 11.1 Å². The maximum absolute atomic E-state index is 15.6. The Labute approximate surface area is 225 Å². The summed E-state index contributed by atoms with van der Waals surface area (Å²) in [6, 6.07) is 11.0. The minimum Gasteiger partial charge on any atom is -0.482 e. The first-order valence-corrected chi connectivity index (χ1v) is 12.7. The molecule has 2 heterocycles. The monoisotopic (exact) mass is 547 g/mol. The van der Waals surface area contributed by atoms with Gasteiger partial charge in [0.15, 0.2) is 5.82 Å². The van der Waals surface area contributed by atoms with Gasteiger partial charge in [0.2, 0.25) is 6.41 Å². The van der Waals surface area contributed by atoms with E-state index in [1.54, 1.807) is 14.0 Å². The fourth-order valence-corrected chi connectivity index (χ4v) is 4.81. The Morgan fingerprint density at radius 1 is 1.26 bits per heavy atom. The Kier molecular flexibility index (Phi) is 10.4. The lowest BCUT2D eigenvalue weighted by Crippen LogP contribution is -2.31. The van der Waals surface area contributed by atoms with Crippen molar-refractivity contribution in [1.29, 1.82) is 0 Å². The van der Waals surface area contributed by atoms with Crippen molar-refractivity contribution in [3.05, 3.63) is 75.9 Å². The normalized spacial score (nSPS) is 15.7. The second kappa shape index (κ2) is 13.5. The molecule has 4 N–H and O–H groups in total. The van der Waals surface area contributed by atoms with Crippen molar-refractivity contribution in [2.75, 3.05) is 26.8 Å². The first kappa shape index (κ1) is 29.3. The van der Waals surface area contributed by atoms with E-state index in [1.165, 1.54) is 12.3 Å². The molecule has 0 spiro atoms. The van der Waals surface area contributed by atoms with Crippen LogP contribution in [0.2, 0.25) is 5.02 Å². The number of aryl methyl sites for hydroxylation is 1. The number of unbranched alkanes of at least 4 members (excludes halogenated alkanes) is 1. The van der Waals surface area contributed by atoms with Gasteiger partial charge in [0, 0.05) is 42.4 Å². The number of benzene rings is 2. The van der Waals surface area contributed by atoms with Gasteiger partial charge < -0.3 is 25.6 Å². The molecule has 3 aromatic rings. The number of pyridine rings is 1. The summed E-state index contributed by atoms with van der Waals surface area (Å²) in [5.41, 5.74) is 7.37. The molecule has 1 unspecified atom stereocenters. The van der Waals surface area contributed by atoms with E-state index in [4.69, 9.17) is 36.7 Å². The molecule has 0 saturated heterocycles. The number of carbonyl (C=O) groups excluding carboxylic acids is 1. The number of aromatic nitrogens is 1. The lowest BCUT2D eigenvalue weighted by atomic mass is 9.82. The van der Waals surface area contributed by atoms with Crippen molar-refractivity contribution < 1.29 is 28.2 Å². The van der Waals surface area contributed by atoms with Crippen LogP contribution in [0, 0.1) is 18.6 Å². The molecule has 1 aliphatic heterocycles.